The lowest BCUT2D eigenvalue weighted by Gasteiger charge is -2.19. The van der Waals surface area contributed by atoms with Crippen LogP contribution in [0.5, 0.6) is 0 Å². The third kappa shape index (κ3) is 6.86. The van der Waals surface area contributed by atoms with E-state index in [-0.39, 0.29) is 18.0 Å². The van der Waals surface area contributed by atoms with Crippen LogP contribution < -0.4 is 11.1 Å². The molecule has 0 aromatic carbocycles. The van der Waals surface area contributed by atoms with E-state index in [2.05, 4.69) is 12.2 Å². The summed E-state index contributed by atoms with van der Waals surface area (Å²) in [6, 6.07) is 0.364. The molecule has 0 rings (SSSR count). The number of rotatable bonds is 6. The maximum absolute atomic E-state index is 11.4. The number of hydrogen-bond acceptors (Lipinski definition) is 3. The molecule has 2 atom stereocenters. The Morgan fingerprint density at radius 1 is 1.50 bits per heavy atom. The van der Waals surface area contributed by atoms with E-state index in [1.807, 2.05) is 25.8 Å². The summed E-state index contributed by atoms with van der Waals surface area (Å²) in [5.74, 6) is 0.0718. The van der Waals surface area contributed by atoms with Crippen molar-refractivity contribution in [3.8, 4) is 0 Å². The highest BCUT2D eigenvalue weighted by Crippen LogP contribution is 1.90. The van der Waals surface area contributed by atoms with E-state index in [1.165, 1.54) is 0 Å². The lowest BCUT2D eigenvalue weighted by molar-refractivity contribution is -0.122. The number of likely N-dealkylation sites (N-methyl/N-ethyl adjacent to an activating group) is 1. The second kappa shape index (κ2) is 6.79. The van der Waals surface area contributed by atoms with Crippen LogP contribution in [0.2, 0.25) is 0 Å². The summed E-state index contributed by atoms with van der Waals surface area (Å²) in [6.07, 6.45) is 0.961. The molecular weight excluding hydrogens is 178 g/mol. The van der Waals surface area contributed by atoms with E-state index in [4.69, 9.17) is 5.73 Å². The third-order valence-corrected chi connectivity index (χ3v) is 2.03. The molecule has 0 aliphatic carbocycles. The van der Waals surface area contributed by atoms with Crippen molar-refractivity contribution in [2.75, 3.05) is 20.1 Å². The lowest BCUT2D eigenvalue weighted by Crippen LogP contribution is -2.42. The Morgan fingerprint density at radius 2 is 2.07 bits per heavy atom. The summed E-state index contributed by atoms with van der Waals surface area (Å²) < 4.78 is 0. The lowest BCUT2D eigenvalue weighted by atomic mass is 10.2. The van der Waals surface area contributed by atoms with Crippen molar-refractivity contribution in [1.29, 1.82) is 0 Å². The normalized spacial score (nSPS) is 15.3. The van der Waals surface area contributed by atoms with Crippen molar-refractivity contribution in [2.24, 2.45) is 5.73 Å². The molecule has 0 heterocycles. The van der Waals surface area contributed by atoms with Crippen LogP contribution in [0.25, 0.3) is 0 Å². The first-order valence-electron chi connectivity index (χ1n) is 5.19. The molecule has 0 aromatic rings. The number of nitrogens with zero attached hydrogens (tertiary/aromatic N) is 1. The second-order valence-electron chi connectivity index (χ2n) is 4.05. The Bertz CT molecular complexity index is 171. The van der Waals surface area contributed by atoms with E-state index >= 15 is 0 Å². The van der Waals surface area contributed by atoms with Crippen molar-refractivity contribution in [3.05, 3.63) is 0 Å². The largest absolute Gasteiger partial charge is 0.353 e. The molecule has 0 fully saturated rings. The molecule has 0 saturated carbocycles. The van der Waals surface area contributed by atoms with E-state index in [1.54, 1.807) is 0 Å². The van der Waals surface area contributed by atoms with Gasteiger partial charge in [0, 0.05) is 18.6 Å². The summed E-state index contributed by atoms with van der Waals surface area (Å²) in [7, 11) is 1.90. The molecular formula is C10H23N3O. The van der Waals surface area contributed by atoms with Crippen LogP contribution in [0.3, 0.4) is 0 Å². The van der Waals surface area contributed by atoms with Gasteiger partial charge in [-0.25, -0.2) is 0 Å². The number of carbonyl (C=O) groups excluding carboxylic acids is 1. The van der Waals surface area contributed by atoms with Gasteiger partial charge in [0.15, 0.2) is 0 Å². The predicted octanol–water partition coefficient (Wildman–Crippen LogP) is 0.180. The van der Waals surface area contributed by atoms with Gasteiger partial charge in [-0.15, -0.1) is 0 Å². The predicted molar refractivity (Wildman–Crippen MR) is 59.0 cm³/mol. The van der Waals surface area contributed by atoms with Gasteiger partial charge in [0.2, 0.25) is 5.91 Å². The topological polar surface area (TPSA) is 58.4 Å². The highest BCUT2D eigenvalue weighted by atomic mass is 16.2. The van der Waals surface area contributed by atoms with E-state index < -0.39 is 0 Å². The Kier molecular flexibility index (Phi) is 6.49. The third-order valence-electron chi connectivity index (χ3n) is 2.03. The summed E-state index contributed by atoms with van der Waals surface area (Å²) in [5, 5.41) is 2.91. The molecule has 1 amide bonds. The number of hydrogen-bond donors (Lipinski definition) is 2. The molecule has 0 spiro atoms. The summed E-state index contributed by atoms with van der Waals surface area (Å²) >= 11 is 0. The fraction of sp³-hybridized carbons (Fsp3) is 0.900. The van der Waals surface area contributed by atoms with Crippen molar-refractivity contribution < 1.29 is 4.79 Å². The Hall–Kier alpha value is -0.610. The molecule has 0 aliphatic heterocycles. The first kappa shape index (κ1) is 13.4. The van der Waals surface area contributed by atoms with Gasteiger partial charge in [-0.2, -0.15) is 0 Å². The molecule has 14 heavy (non-hydrogen) atoms. The monoisotopic (exact) mass is 201 g/mol. The smallest absolute Gasteiger partial charge is 0.234 e. The zero-order valence-corrected chi connectivity index (χ0v) is 9.71. The second-order valence-corrected chi connectivity index (χ2v) is 4.05. The van der Waals surface area contributed by atoms with Gasteiger partial charge < -0.3 is 11.1 Å². The molecule has 3 N–H and O–H groups in total. The SMILES string of the molecule is CCC(C)NC(=O)CN(C)CC(C)N. The van der Waals surface area contributed by atoms with Gasteiger partial charge in [-0.3, -0.25) is 9.69 Å². The molecule has 0 aliphatic rings. The van der Waals surface area contributed by atoms with Crippen LogP contribution in [-0.2, 0) is 4.79 Å². The average Bonchev–Trinajstić information content (AvgIpc) is 2.01. The Morgan fingerprint density at radius 3 is 2.50 bits per heavy atom. The van der Waals surface area contributed by atoms with Crippen molar-refractivity contribution in [3.63, 3.8) is 0 Å². The average molecular weight is 201 g/mol. The zero-order chi connectivity index (χ0) is 11.1. The number of carbonyl (C=O) groups is 1. The van der Waals surface area contributed by atoms with Crippen LogP contribution in [0.15, 0.2) is 0 Å². The van der Waals surface area contributed by atoms with E-state index in [0.717, 1.165) is 13.0 Å². The minimum Gasteiger partial charge on any atom is -0.353 e. The fourth-order valence-corrected chi connectivity index (χ4v) is 1.22. The van der Waals surface area contributed by atoms with Crippen LogP contribution in [0.4, 0.5) is 0 Å². The number of nitrogens with one attached hydrogen (secondary N) is 1. The molecule has 0 saturated heterocycles. The van der Waals surface area contributed by atoms with Crippen molar-refractivity contribution in [1.82, 2.24) is 10.2 Å². The van der Waals surface area contributed by atoms with E-state index in [0.29, 0.717) is 6.54 Å². The summed E-state index contributed by atoms with van der Waals surface area (Å²) in [6.45, 7) is 7.16. The van der Waals surface area contributed by atoms with Gasteiger partial charge in [-0.05, 0) is 27.3 Å². The highest BCUT2D eigenvalue weighted by molar-refractivity contribution is 5.78. The molecule has 4 heteroatoms. The molecule has 0 aromatic heterocycles. The number of nitrogens with two attached hydrogens (primary N) is 1. The highest BCUT2D eigenvalue weighted by Gasteiger charge is 2.09. The van der Waals surface area contributed by atoms with Gasteiger partial charge >= 0.3 is 0 Å². The van der Waals surface area contributed by atoms with Gasteiger partial charge in [0.1, 0.15) is 0 Å². The fourth-order valence-electron chi connectivity index (χ4n) is 1.22. The van der Waals surface area contributed by atoms with Gasteiger partial charge in [0.25, 0.3) is 0 Å². The van der Waals surface area contributed by atoms with Gasteiger partial charge in [-0.1, -0.05) is 6.92 Å². The van der Waals surface area contributed by atoms with Gasteiger partial charge in [0.05, 0.1) is 6.54 Å². The van der Waals surface area contributed by atoms with Crippen LogP contribution in [0.1, 0.15) is 27.2 Å². The molecule has 2 unspecified atom stereocenters. The minimum atomic E-state index is 0.0718. The maximum atomic E-state index is 11.4. The zero-order valence-electron chi connectivity index (χ0n) is 9.71. The number of amides is 1. The molecule has 84 valence electrons. The first-order chi connectivity index (χ1) is 6.45. The van der Waals surface area contributed by atoms with Crippen LogP contribution >= 0.6 is 0 Å². The van der Waals surface area contributed by atoms with Crippen molar-refractivity contribution in [2.45, 2.75) is 39.3 Å². The maximum Gasteiger partial charge on any atom is 0.234 e. The molecule has 4 nitrogen and oxygen atoms in total. The van der Waals surface area contributed by atoms with Crippen molar-refractivity contribution >= 4 is 5.91 Å². The quantitative estimate of drug-likeness (QED) is 0.644. The standard InChI is InChI=1S/C10H23N3O/c1-5-9(3)12-10(14)7-13(4)6-8(2)11/h8-9H,5-7,11H2,1-4H3,(H,12,14). The van der Waals surface area contributed by atoms with Crippen LogP contribution in [0, 0.1) is 0 Å². The first-order valence-corrected chi connectivity index (χ1v) is 5.19. The Labute approximate surface area is 86.8 Å². The summed E-state index contributed by atoms with van der Waals surface area (Å²) in [5.41, 5.74) is 5.62. The minimum absolute atomic E-state index is 0.0718. The molecule has 0 radical (unpaired) electrons. The van der Waals surface area contributed by atoms with Crippen LogP contribution in [-0.4, -0.2) is 43.0 Å². The Balaban J connectivity index is 3.71. The molecule has 0 bridgehead atoms. The summed E-state index contributed by atoms with van der Waals surface area (Å²) in [4.78, 5) is 13.3. The van der Waals surface area contributed by atoms with E-state index in [9.17, 15) is 4.79 Å².